The molecule has 0 fully saturated rings. The summed E-state index contributed by atoms with van der Waals surface area (Å²) in [7, 11) is 0. The van der Waals surface area contributed by atoms with Crippen molar-refractivity contribution in [3.8, 4) is 0 Å². The topological polar surface area (TPSA) is 84.2 Å². The monoisotopic (exact) mass is 309 g/mol. The van der Waals surface area contributed by atoms with Crippen molar-refractivity contribution in [2.75, 3.05) is 0 Å². The Morgan fingerprint density at radius 3 is 2.36 bits per heavy atom. The molecule has 0 unspecified atom stereocenters. The number of hydrogen-bond acceptors (Lipinski definition) is 3. The Bertz CT molecular complexity index is 519. The number of carboxylic acid groups (broad SMARTS) is 1. The Kier molecular flexibility index (Phi) is 6.59. The second kappa shape index (κ2) is 7.96. The first kappa shape index (κ1) is 18.2. The molecule has 1 atom stereocenters. The molecule has 0 aliphatic carbocycles. The van der Waals surface area contributed by atoms with Crippen LogP contribution in [0, 0.1) is 12.8 Å². The Labute approximate surface area is 131 Å². The van der Waals surface area contributed by atoms with Gasteiger partial charge in [0.25, 0.3) is 5.91 Å². The van der Waals surface area contributed by atoms with Crippen molar-refractivity contribution in [1.82, 2.24) is 15.1 Å². The number of aliphatic carboxylic acids is 1. The average Bonchev–Trinajstić information content (AvgIpc) is 2.81. The summed E-state index contributed by atoms with van der Waals surface area (Å²) >= 11 is 0. The maximum atomic E-state index is 12.5. The first-order chi connectivity index (χ1) is 10.3. The van der Waals surface area contributed by atoms with Crippen LogP contribution in [0.25, 0.3) is 0 Å². The van der Waals surface area contributed by atoms with E-state index in [2.05, 4.69) is 10.4 Å². The maximum absolute atomic E-state index is 12.5. The lowest BCUT2D eigenvalue weighted by molar-refractivity contribution is -0.139. The zero-order valence-electron chi connectivity index (χ0n) is 14.1. The van der Waals surface area contributed by atoms with Crippen molar-refractivity contribution < 1.29 is 14.7 Å². The van der Waals surface area contributed by atoms with Crippen LogP contribution in [0.15, 0.2) is 6.07 Å². The van der Waals surface area contributed by atoms with Gasteiger partial charge in [-0.15, -0.1) is 0 Å². The van der Waals surface area contributed by atoms with E-state index in [1.165, 1.54) is 0 Å². The smallest absolute Gasteiger partial charge is 0.326 e. The number of nitrogens with one attached hydrogen (secondary N) is 1. The number of aryl methyl sites for hydroxylation is 1. The Balaban J connectivity index is 2.99. The molecule has 0 aliphatic rings. The van der Waals surface area contributed by atoms with E-state index in [-0.39, 0.29) is 17.9 Å². The molecule has 1 rings (SSSR count). The maximum Gasteiger partial charge on any atom is 0.326 e. The predicted octanol–water partition coefficient (Wildman–Crippen LogP) is 2.78. The van der Waals surface area contributed by atoms with Crippen LogP contribution in [0.5, 0.6) is 0 Å². The van der Waals surface area contributed by atoms with Crippen LogP contribution >= 0.6 is 0 Å². The minimum atomic E-state index is -1.01. The fraction of sp³-hybridized carbons (Fsp3) is 0.688. The highest BCUT2D eigenvalue weighted by molar-refractivity contribution is 5.95. The summed E-state index contributed by atoms with van der Waals surface area (Å²) in [6.07, 6.45) is 2.14. The summed E-state index contributed by atoms with van der Waals surface area (Å²) in [6.45, 7) is 9.79. The third-order valence-corrected chi connectivity index (χ3v) is 3.69. The summed E-state index contributed by atoms with van der Waals surface area (Å²) in [5, 5.41) is 16.3. The van der Waals surface area contributed by atoms with Crippen LogP contribution in [-0.2, 0) is 4.79 Å². The largest absolute Gasteiger partial charge is 0.480 e. The van der Waals surface area contributed by atoms with Crippen molar-refractivity contribution in [3.63, 3.8) is 0 Å². The van der Waals surface area contributed by atoms with Crippen molar-refractivity contribution in [2.24, 2.45) is 5.92 Å². The Morgan fingerprint density at radius 1 is 1.32 bits per heavy atom. The number of hydrogen-bond donors (Lipinski definition) is 2. The standard InChI is InChI=1S/C16H27N3O3/c1-6-12(7-2)19-14(9-11(5)18-19)15(20)17-13(16(21)22)8-10(3)4/h9-10,12-13H,6-8H2,1-5H3,(H,17,20)(H,21,22)/t13-/m1/s1. The summed E-state index contributed by atoms with van der Waals surface area (Å²) in [6, 6.07) is 0.975. The molecule has 0 radical (unpaired) electrons. The molecule has 1 amide bonds. The van der Waals surface area contributed by atoms with Crippen LogP contribution in [0.2, 0.25) is 0 Å². The second-order valence-electron chi connectivity index (χ2n) is 6.08. The highest BCUT2D eigenvalue weighted by Gasteiger charge is 2.25. The lowest BCUT2D eigenvalue weighted by Gasteiger charge is -2.19. The molecular weight excluding hydrogens is 282 g/mol. The number of aromatic nitrogens is 2. The molecule has 124 valence electrons. The van der Waals surface area contributed by atoms with Gasteiger partial charge in [-0.05, 0) is 38.2 Å². The van der Waals surface area contributed by atoms with Gasteiger partial charge < -0.3 is 10.4 Å². The van der Waals surface area contributed by atoms with E-state index in [4.69, 9.17) is 0 Å². The van der Waals surface area contributed by atoms with Crippen molar-refractivity contribution in [1.29, 1.82) is 0 Å². The minimum Gasteiger partial charge on any atom is -0.480 e. The molecule has 22 heavy (non-hydrogen) atoms. The lowest BCUT2D eigenvalue weighted by Crippen LogP contribution is -2.42. The molecule has 2 N–H and O–H groups in total. The molecule has 0 spiro atoms. The van der Waals surface area contributed by atoms with Gasteiger partial charge in [-0.3, -0.25) is 9.48 Å². The van der Waals surface area contributed by atoms with Crippen molar-refractivity contribution in [2.45, 2.75) is 66.0 Å². The van der Waals surface area contributed by atoms with Crippen LogP contribution in [0.3, 0.4) is 0 Å². The summed E-state index contributed by atoms with van der Waals surface area (Å²) in [5.41, 5.74) is 1.19. The number of amides is 1. The van der Waals surface area contributed by atoms with E-state index < -0.39 is 12.0 Å². The molecule has 0 aliphatic heterocycles. The molecular formula is C16H27N3O3. The van der Waals surface area contributed by atoms with Gasteiger partial charge in [0.05, 0.1) is 11.7 Å². The molecule has 6 nitrogen and oxygen atoms in total. The molecule has 0 bridgehead atoms. The Morgan fingerprint density at radius 2 is 1.91 bits per heavy atom. The van der Waals surface area contributed by atoms with Gasteiger partial charge >= 0.3 is 5.97 Å². The predicted molar refractivity (Wildman–Crippen MR) is 84.9 cm³/mol. The molecule has 0 saturated carbocycles. The fourth-order valence-corrected chi connectivity index (χ4v) is 2.52. The fourth-order valence-electron chi connectivity index (χ4n) is 2.52. The zero-order chi connectivity index (χ0) is 16.9. The SMILES string of the molecule is CCC(CC)n1nc(C)cc1C(=O)N[C@H](CC(C)C)C(=O)O. The van der Waals surface area contributed by atoms with Crippen LogP contribution < -0.4 is 5.32 Å². The number of carbonyl (C=O) groups excluding carboxylic acids is 1. The van der Waals surface area contributed by atoms with Gasteiger partial charge in [0.1, 0.15) is 11.7 Å². The van der Waals surface area contributed by atoms with E-state index in [0.717, 1.165) is 18.5 Å². The quantitative estimate of drug-likeness (QED) is 0.773. The zero-order valence-corrected chi connectivity index (χ0v) is 14.1. The van der Waals surface area contributed by atoms with E-state index in [1.54, 1.807) is 10.7 Å². The number of carboxylic acids is 1. The van der Waals surface area contributed by atoms with Gasteiger partial charge in [0.15, 0.2) is 0 Å². The first-order valence-corrected chi connectivity index (χ1v) is 7.89. The molecule has 1 aromatic rings. The molecule has 0 aromatic carbocycles. The summed E-state index contributed by atoms with van der Waals surface area (Å²) in [4.78, 5) is 23.8. The summed E-state index contributed by atoms with van der Waals surface area (Å²) in [5.74, 6) is -1.19. The number of nitrogens with zero attached hydrogens (tertiary/aromatic N) is 2. The van der Waals surface area contributed by atoms with Crippen LogP contribution in [0.1, 0.15) is 69.2 Å². The number of carbonyl (C=O) groups is 2. The lowest BCUT2D eigenvalue weighted by atomic mass is 10.0. The summed E-state index contributed by atoms with van der Waals surface area (Å²) < 4.78 is 1.72. The second-order valence-corrected chi connectivity index (χ2v) is 6.08. The van der Waals surface area contributed by atoms with E-state index in [1.807, 2.05) is 34.6 Å². The van der Waals surface area contributed by atoms with E-state index in [9.17, 15) is 14.7 Å². The highest BCUT2D eigenvalue weighted by atomic mass is 16.4. The van der Waals surface area contributed by atoms with Crippen molar-refractivity contribution >= 4 is 11.9 Å². The van der Waals surface area contributed by atoms with Crippen LogP contribution in [-0.4, -0.2) is 32.8 Å². The van der Waals surface area contributed by atoms with Crippen LogP contribution in [0.4, 0.5) is 0 Å². The van der Waals surface area contributed by atoms with Gasteiger partial charge in [-0.2, -0.15) is 5.10 Å². The molecule has 1 aromatic heterocycles. The van der Waals surface area contributed by atoms with E-state index in [0.29, 0.717) is 12.1 Å². The average molecular weight is 309 g/mol. The van der Waals surface area contributed by atoms with Gasteiger partial charge in [-0.1, -0.05) is 27.7 Å². The van der Waals surface area contributed by atoms with Gasteiger partial charge in [-0.25, -0.2) is 4.79 Å². The third kappa shape index (κ3) is 4.58. The Hall–Kier alpha value is -1.85. The number of rotatable bonds is 8. The molecule has 6 heteroatoms. The molecule has 1 heterocycles. The van der Waals surface area contributed by atoms with Gasteiger partial charge in [0, 0.05) is 0 Å². The molecule has 0 saturated heterocycles. The van der Waals surface area contributed by atoms with E-state index >= 15 is 0 Å². The first-order valence-electron chi connectivity index (χ1n) is 7.89. The minimum absolute atomic E-state index is 0.142. The van der Waals surface area contributed by atoms with Gasteiger partial charge in [0.2, 0.25) is 0 Å². The van der Waals surface area contributed by atoms with Crippen molar-refractivity contribution in [3.05, 3.63) is 17.5 Å². The normalized spacial score (nSPS) is 12.7. The third-order valence-electron chi connectivity index (χ3n) is 3.69. The highest BCUT2D eigenvalue weighted by Crippen LogP contribution is 2.18.